The largest absolute Gasteiger partial charge is 0.309 e. The molecule has 0 aliphatic heterocycles. The summed E-state index contributed by atoms with van der Waals surface area (Å²) in [5.74, 6) is 0. The maximum Gasteiger partial charge on any atom is 0.0619 e. The van der Waals surface area contributed by atoms with E-state index in [0.29, 0.717) is 0 Å². The summed E-state index contributed by atoms with van der Waals surface area (Å²) in [4.78, 5) is 4.95. The summed E-state index contributed by atoms with van der Waals surface area (Å²) in [6.45, 7) is 8.64. The molecule has 0 saturated heterocycles. The molecule has 11 rings (SSSR count). The third-order valence-electron chi connectivity index (χ3n) is 12.2. The highest BCUT2D eigenvalue weighted by Crippen LogP contribution is 2.54. The fourth-order valence-corrected chi connectivity index (χ4v) is 9.46. The monoisotopic (exact) mass is 742 g/mol. The SMILES string of the molecule is Cc1ccc(N(c2ccc(C)cc2)c2c3ccccc3c3c4cccc5c(N(c6ccc(C)cc6)c6ccc(C)cc6)c6ccccc6c(c6cccc2c63)c54)cc1. The Kier molecular flexibility index (Phi) is 7.78. The summed E-state index contributed by atoms with van der Waals surface area (Å²) in [6, 6.07) is 68.0. The minimum atomic E-state index is 1.14. The molecule has 276 valence electrons. The van der Waals surface area contributed by atoms with E-state index in [1.807, 2.05) is 0 Å². The third-order valence-corrected chi connectivity index (χ3v) is 12.2. The quantitative estimate of drug-likeness (QED) is 0.124. The van der Waals surface area contributed by atoms with E-state index in [-0.39, 0.29) is 0 Å². The first-order valence-electron chi connectivity index (χ1n) is 20.3. The van der Waals surface area contributed by atoms with Crippen LogP contribution in [-0.2, 0) is 0 Å². The molecule has 0 fully saturated rings. The van der Waals surface area contributed by atoms with Gasteiger partial charge in [0.25, 0.3) is 0 Å². The number of nitrogens with zero attached hydrogens (tertiary/aromatic N) is 2. The normalized spacial score (nSPS) is 11.8. The summed E-state index contributed by atoms with van der Waals surface area (Å²) < 4.78 is 0. The molecule has 0 atom stereocenters. The van der Waals surface area contributed by atoms with Crippen LogP contribution in [0.2, 0.25) is 0 Å². The molecule has 0 unspecified atom stereocenters. The van der Waals surface area contributed by atoms with Crippen LogP contribution in [0.1, 0.15) is 22.3 Å². The zero-order valence-corrected chi connectivity index (χ0v) is 33.2. The Morgan fingerprint density at radius 3 is 0.776 bits per heavy atom. The zero-order valence-electron chi connectivity index (χ0n) is 33.2. The molecule has 0 aromatic heterocycles. The molecule has 0 radical (unpaired) electrons. The van der Waals surface area contributed by atoms with Gasteiger partial charge in [-0.25, -0.2) is 0 Å². The molecule has 0 N–H and O–H groups in total. The van der Waals surface area contributed by atoms with Crippen molar-refractivity contribution in [2.75, 3.05) is 9.80 Å². The van der Waals surface area contributed by atoms with Crippen molar-refractivity contribution in [3.8, 4) is 0 Å². The third kappa shape index (κ3) is 5.18. The number of anilines is 6. The Morgan fingerprint density at radius 1 is 0.224 bits per heavy atom. The zero-order chi connectivity index (χ0) is 39.1. The van der Waals surface area contributed by atoms with Gasteiger partial charge in [-0.3, -0.25) is 0 Å². The van der Waals surface area contributed by atoms with Gasteiger partial charge in [0.2, 0.25) is 0 Å². The summed E-state index contributed by atoms with van der Waals surface area (Å²) in [5, 5.41) is 15.2. The standard InChI is InChI=1S/C56H42N2/c1-35-19-27-39(28-20-35)57(40-29-21-36(2)22-30-40)55-45-13-7-5-11-43(45)51-48-16-10-18-50-54(48)52(47-15-9-17-49(55)53(47)51)44-12-6-8-14-46(44)56(50)58(41-31-23-37(3)24-32-41)42-33-25-38(4)26-34-42/h5-34H,1-4H3. The number of rotatable bonds is 6. The van der Waals surface area contributed by atoms with Gasteiger partial charge in [0, 0.05) is 55.1 Å². The van der Waals surface area contributed by atoms with E-state index >= 15 is 0 Å². The Balaban J connectivity index is 1.33. The molecule has 0 aliphatic rings. The van der Waals surface area contributed by atoms with Crippen molar-refractivity contribution in [2.45, 2.75) is 27.7 Å². The fourth-order valence-electron chi connectivity index (χ4n) is 9.46. The number of aryl methyl sites for hydroxylation is 4. The lowest BCUT2D eigenvalue weighted by atomic mass is 9.83. The Labute approximate surface area is 339 Å². The van der Waals surface area contributed by atoms with Gasteiger partial charge in [0.15, 0.2) is 0 Å². The van der Waals surface area contributed by atoms with Crippen LogP contribution in [0.5, 0.6) is 0 Å². The Bertz CT molecular complexity index is 3020. The maximum absolute atomic E-state index is 2.47. The van der Waals surface area contributed by atoms with E-state index in [1.165, 1.54) is 98.3 Å². The highest BCUT2D eigenvalue weighted by atomic mass is 15.2. The van der Waals surface area contributed by atoms with E-state index in [9.17, 15) is 0 Å². The molecular weight excluding hydrogens is 701 g/mol. The van der Waals surface area contributed by atoms with Gasteiger partial charge in [-0.2, -0.15) is 0 Å². The summed E-state index contributed by atoms with van der Waals surface area (Å²) in [5.41, 5.74) is 11.9. The van der Waals surface area contributed by atoms with Crippen molar-refractivity contribution >= 4 is 98.8 Å². The summed E-state index contributed by atoms with van der Waals surface area (Å²) in [7, 11) is 0. The second kappa shape index (κ2) is 13.2. The topological polar surface area (TPSA) is 6.48 Å². The second-order valence-corrected chi connectivity index (χ2v) is 16.0. The average molecular weight is 743 g/mol. The van der Waals surface area contributed by atoms with Crippen LogP contribution in [0.15, 0.2) is 182 Å². The fraction of sp³-hybridized carbons (Fsp3) is 0.0714. The molecule has 58 heavy (non-hydrogen) atoms. The van der Waals surface area contributed by atoms with Crippen molar-refractivity contribution in [3.63, 3.8) is 0 Å². The average Bonchev–Trinajstić information content (AvgIpc) is 3.26. The number of benzene rings is 11. The van der Waals surface area contributed by atoms with Crippen LogP contribution in [0, 0.1) is 27.7 Å². The van der Waals surface area contributed by atoms with Crippen molar-refractivity contribution in [3.05, 3.63) is 204 Å². The van der Waals surface area contributed by atoms with Crippen molar-refractivity contribution in [1.82, 2.24) is 0 Å². The minimum absolute atomic E-state index is 1.14. The molecule has 0 amide bonds. The van der Waals surface area contributed by atoms with Crippen LogP contribution < -0.4 is 9.80 Å². The van der Waals surface area contributed by atoms with Gasteiger partial charge in [-0.15, -0.1) is 0 Å². The predicted octanol–water partition coefficient (Wildman–Crippen LogP) is 16.2. The number of hydrogen-bond acceptors (Lipinski definition) is 2. The highest BCUT2D eigenvalue weighted by molar-refractivity contribution is 6.45. The molecular formula is C56H42N2. The highest BCUT2D eigenvalue weighted by Gasteiger charge is 2.27. The Morgan fingerprint density at radius 2 is 0.466 bits per heavy atom. The van der Waals surface area contributed by atoms with Crippen LogP contribution in [-0.4, -0.2) is 0 Å². The van der Waals surface area contributed by atoms with Gasteiger partial charge in [0.05, 0.1) is 11.4 Å². The predicted molar refractivity (Wildman–Crippen MR) is 251 cm³/mol. The van der Waals surface area contributed by atoms with Gasteiger partial charge in [-0.05, 0) is 109 Å². The van der Waals surface area contributed by atoms with Gasteiger partial charge in [0.1, 0.15) is 0 Å². The second-order valence-electron chi connectivity index (χ2n) is 16.0. The van der Waals surface area contributed by atoms with Gasteiger partial charge in [-0.1, -0.05) is 156 Å². The summed E-state index contributed by atoms with van der Waals surface area (Å²) in [6.07, 6.45) is 0. The van der Waals surface area contributed by atoms with E-state index in [4.69, 9.17) is 0 Å². The first-order chi connectivity index (χ1) is 28.4. The van der Waals surface area contributed by atoms with Crippen molar-refractivity contribution in [2.24, 2.45) is 0 Å². The molecule has 0 aliphatic carbocycles. The summed E-state index contributed by atoms with van der Waals surface area (Å²) >= 11 is 0. The van der Waals surface area contributed by atoms with Crippen molar-refractivity contribution < 1.29 is 0 Å². The van der Waals surface area contributed by atoms with E-state index < -0.39 is 0 Å². The molecule has 11 aromatic carbocycles. The maximum atomic E-state index is 2.47. The molecule has 0 spiro atoms. The lowest BCUT2D eigenvalue weighted by Crippen LogP contribution is -2.12. The Hall–Kier alpha value is -7.16. The van der Waals surface area contributed by atoms with Gasteiger partial charge >= 0.3 is 0 Å². The lowest BCUT2D eigenvalue weighted by molar-refractivity contribution is 1.29. The smallest absolute Gasteiger partial charge is 0.0619 e. The van der Waals surface area contributed by atoms with Gasteiger partial charge < -0.3 is 9.80 Å². The van der Waals surface area contributed by atoms with Crippen molar-refractivity contribution in [1.29, 1.82) is 0 Å². The van der Waals surface area contributed by atoms with E-state index in [1.54, 1.807) is 0 Å². The number of fused-ring (bicyclic) bond motifs is 6. The lowest BCUT2D eigenvalue weighted by Gasteiger charge is -2.31. The molecule has 2 heteroatoms. The number of hydrogen-bond donors (Lipinski definition) is 0. The molecule has 0 heterocycles. The van der Waals surface area contributed by atoms with Crippen LogP contribution >= 0.6 is 0 Å². The molecule has 0 bridgehead atoms. The van der Waals surface area contributed by atoms with Crippen LogP contribution in [0.3, 0.4) is 0 Å². The van der Waals surface area contributed by atoms with Crippen LogP contribution in [0.25, 0.3) is 64.6 Å². The molecule has 2 nitrogen and oxygen atoms in total. The molecule has 11 aromatic rings. The first-order valence-corrected chi connectivity index (χ1v) is 20.3. The van der Waals surface area contributed by atoms with Crippen LogP contribution in [0.4, 0.5) is 34.1 Å². The first kappa shape index (κ1) is 34.1. The molecule has 0 saturated carbocycles. The van der Waals surface area contributed by atoms with E-state index in [0.717, 1.165) is 22.7 Å². The minimum Gasteiger partial charge on any atom is -0.309 e. The van der Waals surface area contributed by atoms with E-state index in [2.05, 4.69) is 219 Å².